The van der Waals surface area contributed by atoms with Crippen LogP contribution in [0.2, 0.25) is 0 Å². The summed E-state index contributed by atoms with van der Waals surface area (Å²) in [7, 11) is 0. The summed E-state index contributed by atoms with van der Waals surface area (Å²) >= 11 is 0. The van der Waals surface area contributed by atoms with Gasteiger partial charge in [-0.3, -0.25) is 9.79 Å². The second-order valence-electron chi connectivity index (χ2n) is 10.1. The monoisotopic (exact) mass is 466 g/mol. The van der Waals surface area contributed by atoms with Crippen molar-refractivity contribution in [2.75, 3.05) is 19.8 Å². The van der Waals surface area contributed by atoms with Gasteiger partial charge in [-0.25, -0.2) is 0 Å². The molecule has 33 heavy (non-hydrogen) atoms. The summed E-state index contributed by atoms with van der Waals surface area (Å²) in [4.78, 5) is 20.3. The van der Waals surface area contributed by atoms with Crippen molar-refractivity contribution >= 4 is 11.6 Å². The van der Waals surface area contributed by atoms with Crippen molar-refractivity contribution in [2.24, 2.45) is 16.8 Å². The molecule has 0 spiro atoms. The fourth-order valence-corrected chi connectivity index (χ4v) is 5.47. The predicted octanol–water partition coefficient (Wildman–Crippen LogP) is 4.40. The highest BCUT2D eigenvalue weighted by molar-refractivity contribution is 5.92. The highest BCUT2D eigenvalue weighted by Gasteiger charge is 2.43. The highest BCUT2D eigenvalue weighted by Crippen LogP contribution is 2.39. The van der Waals surface area contributed by atoms with Crippen LogP contribution >= 0.6 is 0 Å². The average Bonchev–Trinajstić information content (AvgIpc) is 2.77. The van der Waals surface area contributed by atoms with Gasteiger partial charge < -0.3 is 14.7 Å². The number of aliphatic imine (C=N–C) groups is 1. The largest absolute Gasteiger partial charge is 0.416 e. The third-order valence-corrected chi connectivity index (χ3v) is 7.32. The Balaban J connectivity index is 1.54. The summed E-state index contributed by atoms with van der Waals surface area (Å²) in [5.74, 6) is -0.740. The van der Waals surface area contributed by atoms with Crippen molar-refractivity contribution < 1.29 is 27.8 Å². The van der Waals surface area contributed by atoms with Gasteiger partial charge in [0.05, 0.1) is 17.2 Å². The molecule has 1 aromatic rings. The quantitative estimate of drug-likeness (QED) is 0.719. The summed E-state index contributed by atoms with van der Waals surface area (Å²) in [5, 5.41) is 10.8. The lowest BCUT2D eigenvalue weighted by molar-refractivity contribution is -0.143. The van der Waals surface area contributed by atoms with E-state index in [0.717, 1.165) is 36.6 Å². The van der Waals surface area contributed by atoms with Gasteiger partial charge in [-0.2, -0.15) is 13.2 Å². The predicted molar refractivity (Wildman–Crippen MR) is 119 cm³/mol. The Morgan fingerprint density at radius 1 is 1.12 bits per heavy atom. The van der Waals surface area contributed by atoms with Crippen LogP contribution in [0.1, 0.15) is 62.6 Å². The molecule has 1 saturated heterocycles. The number of amides is 1. The Bertz CT molecular complexity index is 901. The van der Waals surface area contributed by atoms with E-state index >= 15 is 0 Å². The van der Waals surface area contributed by atoms with Gasteiger partial charge in [0.1, 0.15) is 0 Å². The molecule has 2 aliphatic heterocycles. The van der Waals surface area contributed by atoms with E-state index in [2.05, 4.69) is 0 Å². The Labute approximate surface area is 193 Å². The molecule has 2 fully saturated rings. The molecule has 1 saturated carbocycles. The summed E-state index contributed by atoms with van der Waals surface area (Å²) in [6.45, 7) is 5.50. The number of benzene rings is 1. The minimum atomic E-state index is -4.41. The van der Waals surface area contributed by atoms with Gasteiger partial charge in [-0.1, -0.05) is 6.07 Å². The number of hydrogen-bond donors (Lipinski definition) is 1. The van der Waals surface area contributed by atoms with Gasteiger partial charge in [0.25, 0.3) is 0 Å². The van der Waals surface area contributed by atoms with E-state index in [9.17, 15) is 23.1 Å². The maximum atomic E-state index is 13.7. The Morgan fingerprint density at radius 3 is 2.52 bits per heavy atom. The van der Waals surface area contributed by atoms with Crippen LogP contribution in [0.3, 0.4) is 0 Å². The van der Waals surface area contributed by atoms with E-state index in [4.69, 9.17) is 9.73 Å². The minimum Gasteiger partial charge on any atom is -0.390 e. The normalized spacial score (nSPS) is 26.4. The molecule has 2 atom stereocenters. The lowest BCUT2D eigenvalue weighted by atomic mass is 9.70. The van der Waals surface area contributed by atoms with Crippen molar-refractivity contribution in [3.05, 3.63) is 34.9 Å². The summed E-state index contributed by atoms with van der Waals surface area (Å²) < 4.78 is 45.0. The number of carbonyl (C=O) groups excluding carboxylic acids is 1. The maximum Gasteiger partial charge on any atom is 0.416 e. The van der Waals surface area contributed by atoms with Gasteiger partial charge in [-0.05, 0) is 81.5 Å². The molecule has 0 unspecified atom stereocenters. The Hall–Kier alpha value is -1.93. The van der Waals surface area contributed by atoms with Gasteiger partial charge in [-0.15, -0.1) is 0 Å². The summed E-state index contributed by atoms with van der Waals surface area (Å²) in [5.41, 5.74) is 0.709. The molecule has 4 rings (SSSR count). The van der Waals surface area contributed by atoms with Gasteiger partial charge in [0.15, 0.2) is 0 Å². The molecule has 3 aliphatic rings. The number of ether oxygens (including phenoxy) is 1. The first kappa shape index (κ1) is 24.2. The molecule has 0 radical (unpaired) electrons. The molecule has 0 bridgehead atoms. The van der Waals surface area contributed by atoms with Crippen molar-refractivity contribution in [1.29, 1.82) is 0 Å². The lowest BCUT2D eigenvalue weighted by Gasteiger charge is -2.42. The van der Waals surface area contributed by atoms with Crippen molar-refractivity contribution in [1.82, 2.24) is 4.90 Å². The first-order chi connectivity index (χ1) is 15.5. The second kappa shape index (κ2) is 9.37. The molecule has 1 N–H and O–H groups in total. The van der Waals surface area contributed by atoms with Crippen molar-refractivity contribution in [3.63, 3.8) is 0 Å². The first-order valence-electron chi connectivity index (χ1n) is 11.9. The molecule has 1 amide bonds. The Morgan fingerprint density at radius 2 is 1.85 bits per heavy atom. The molecular weight excluding hydrogens is 433 g/mol. The van der Waals surface area contributed by atoms with Crippen LogP contribution in [0.25, 0.3) is 0 Å². The average molecular weight is 467 g/mol. The molecule has 1 aromatic carbocycles. The fraction of sp³-hybridized carbons (Fsp3) is 0.680. The van der Waals surface area contributed by atoms with Crippen LogP contribution < -0.4 is 0 Å². The lowest BCUT2D eigenvalue weighted by Crippen LogP contribution is -2.49. The number of alkyl halides is 3. The molecule has 182 valence electrons. The topological polar surface area (TPSA) is 62.1 Å². The smallest absolute Gasteiger partial charge is 0.390 e. The first-order valence-corrected chi connectivity index (χ1v) is 11.9. The van der Waals surface area contributed by atoms with Crippen LogP contribution in [-0.4, -0.2) is 53.0 Å². The van der Waals surface area contributed by atoms with E-state index in [0.29, 0.717) is 44.6 Å². The Kier molecular flexibility index (Phi) is 6.87. The van der Waals surface area contributed by atoms with Gasteiger partial charge in [0.2, 0.25) is 5.91 Å². The van der Waals surface area contributed by atoms with E-state index in [1.54, 1.807) is 18.7 Å². The molecule has 8 heteroatoms. The van der Waals surface area contributed by atoms with Crippen LogP contribution in [0.4, 0.5) is 13.2 Å². The maximum absolute atomic E-state index is 13.7. The number of carbonyl (C=O) groups is 1. The standard InChI is InChI=1S/C25H33F3N2O3/c1-24(2,32)22-6-5-20(29-19-8-11-33-12-9-19)14-21(22)23(31)30-10-7-16-3-4-18(25(26,27)28)13-17(16)15-30/h3-4,13,19,21-22,32H,5-12,14-15H2,1-2H3/t21-,22-/m1/s1. The van der Waals surface area contributed by atoms with Gasteiger partial charge >= 0.3 is 6.18 Å². The van der Waals surface area contributed by atoms with Crippen molar-refractivity contribution in [3.8, 4) is 0 Å². The molecule has 5 nitrogen and oxygen atoms in total. The molecule has 0 aromatic heterocycles. The molecule has 2 heterocycles. The zero-order valence-corrected chi connectivity index (χ0v) is 19.3. The molecule has 1 aliphatic carbocycles. The number of hydrogen-bond acceptors (Lipinski definition) is 4. The fourth-order valence-electron chi connectivity index (χ4n) is 5.47. The van der Waals surface area contributed by atoms with Crippen LogP contribution in [0, 0.1) is 11.8 Å². The van der Waals surface area contributed by atoms with E-state index in [-0.39, 0.29) is 24.4 Å². The third-order valence-electron chi connectivity index (χ3n) is 7.32. The van der Waals surface area contributed by atoms with E-state index < -0.39 is 23.3 Å². The second-order valence-corrected chi connectivity index (χ2v) is 10.1. The van der Waals surface area contributed by atoms with Crippen LogP contribution in [0.15, 0.2) is 23.2 Å². The zero-order valence-electron chi connectivity index (χ0n) is 19.3. The highest BCUT2D eigenvalue weighted by atomic mass is 19.4. The van der Waals surface area contributed by atoms with Gasteiger partial charge in [0, 0.05) is 37.9 Å². The van der Waals surface area contributed by atoms with Crippen molar-refractivity contribution in [2.45, 2.75) is 76.7 Å². The number of nitrogens with zero attached hydrogens (tertiary/aromatic N) is 2. The van der Waals surface area contributed by atoms with E-state index in [1.807, 2.05) is 0 Å². The number of halogens is 3. The third kappa shape index (κ3) is 5.60. The SMILES string of the molecule is CC(C)(O)[C@@H]1CCC(=NC2CCOCC2)C[C@H]1C(=O)N1CCc2ccc(C(F)(F)F)cc2C1. The number of rotatable bonds is 3. The number of aliphatic hydroxyl groups is 1. The van der Waals surface area contributed by atoms with Crippen LogP contribution in [0.5, 0.6) is 0 Å². The van der Waals surface area contributed by atoms with E-state index in [1.165, 1.54) is 12.1 Å². The minimum absolute atomic E-state index is 0.0930. The zero-order chi connectivity index (χ0) is 23.8. The molecular formula is C25H33F3N2O3. The number of fused-ring (bicyclic) bond motifs is 1. The van der Waals surface area contributed by atoms with Crippen LogP contribution in [-0.2, 0) is 28.7 Å². The summed E-state index contributed by atoms with van der Waals surface area (Å²) in [6, 6.07) is 4.02. The summed E-state index contributed by atoms with van der Waals surface area (Å²) in [6.07, 6.45) is -0.202.